The summed E-state index contributed by atoms with van der Waals surface area (Å²) in [7, 11) is 0. The summed E-state index contributed by atoms with van der Waals surface area (Å²) in [4.78, 5) is 11.7. The fourth-order valence-corrected chi connectivity index (χ4v) is 1.23. The monoisotopic (exact) mass is 228 g/mol. The Morgan fingerprint density at radius 2 is 2.06 bits per heavy atom. The molecule has 1 aromatic rings. The van der Waals surface area contributed by atoms with Gasteiger partial charge in [-0.05, 0) is 19.4 Å². The van der Waals surface area contributed by atoms with E-state index in [0.717, 1.165) is 5.56 Å². The average Bonchev–Trinajstić information content (AvgIpc) is 2.35. The average molecular weight is 228 g/mol. The smallest absolute Gasteiger partial charge is 0.316 e. The van der Waals surface area contributed by atoms with Crippen molar-refractivity contribution in [3.05, 3.63) is 42.0 Å². The molecule has 0 fully saturated rings. The molecular weight excluding hydrogens is 212 g/mol. The molecule has 2 nitrogen and oxygen atoms in total. The summed E-state index contributed by atoms with van der Waals surface area (Å²) in [5.74, 6) is 1.96. The molecule has 1 aromatic carbocycles. The number of hydrogen-bond donors (Lipinski definition) is 0. The van der Waals surface area contributed by atoms with E-state index in [1.54, 1.807) is 13.8 Å². The molecular formula is C15H16O2. The molecule has 0 bridgehead atoms. The molecule has 17 heavy (non-hydrogen) atoms. The third kappa shape index (κ3) is 4.16. The zero-order chi connectivity index (χ0) is 12.7. The molecule has 0 N–H and O–H groups in total. The van der Waals surface area contributed by atoms with Crippen LogP contribution in [0.25, 0.3) is 6.08 Å². The van der Waals surface area contributed by atoms with E-state index in [0.29, 0.717) is 0 Å². The summed E-state index contributed by atoms with van der Waals surface area (Å²) >= 11 is 0. The van der Waals surface area contributed by atoms with Gasteiger partial charge in [-0.1, -0.05) is 48.4 Å². The van der Waals surface area contributed by atoms with E-state index in [4.69, 9.17) is 11.2 Å². The second kappa shape index (κ2) is 5.91. The number of hydrogen-bond acceptors (Lipinski definition) is 2. The van der Waals surface area contributed by atoms with Crippen LogP contribution < -0.4 is 0 Å². The maximum Gasteiger partial charge on any atom is 0.316 e. The summed E-state index contributed by atoms with van der Waals surface area (Å²) in [5.41, 5.74) is 0.373. The van der Waals surface area contributed by atoms with Crippen LogP contribution in [0.15, 0.2) is 36.4 Å². The van der Waals surface area contributed by atoms with Crippen molar-refractivity contribution in [1.29, 1.82) is 0 Å². The third-order valence-corrected chi connectivity index (χ3v) is 2.30. The Kier molecular flexibility index (Phi) is 4.54. The molecule has 0 unspecified atom stereocenters. The molecule has 0 aromatic heterocycles. The summed E-state index contributed by atoms with van der Waals surface area (Å²) < 4.78 is 4.92. The van der Waals surface area contributed by atoms with E-state index in [1.165, 1.54) is 0 Å². The minimum atomic E-state index is -0.674. The van der Waals surface area contributed by atoms with Gasteiger partial charge in [0.05, 0.1) is 5.41 Å². The predicted octanol–water partition coefficient (Wildman–Crippen LogP) is 2.90. The minimum absolute atomic E-state index is 0.0153. The Bertz CT molecular complexity index is 436. The lowest BCUT2D eigenvalue weighted by molar-refractivity contribution is -0.149. The third-order valence-electron chi connectivity index (χ3n) is 2.30. The van der Waals surface area contributed by atoms with Crippen molar-refractivity contribution < 1.29 is 9.53 Å². The fraction of sp³-hybridized carbons (Fsp3) is 0.267. The lowest BCUT2D eigenvalue weighted by Crippen LogP contribution is -2.24. The number of terminal acetylenes is 1. The van der Waals surface area contributed by atoms with Crippen molar-refractivity contribution >= 4 is 12.0 Å². The van der Waals surface area contributed by atoms with Crippen LogP contribution in [0.2, 0.25) is 0 Å². The quantitative estimate of drug-likeness (QED) is 0.585. The normalized spacial score (nSPS) is 11.1. The van der Waals surface area contributed by atoms with E-state index in [9.17, 15) is 4.79 Å². The van der Waals surface area contributed by atoms with Crippen LogP contribution in [-0.4, -0.2) is 12.6 Å². The Labute approximate surface area is 102 Å². The number of rotatable bonds is 4. The van der Waals surface area contributed by atoms with Crippen LogP contribution in [0.5, 0.6) is 0 Å². The van der Waals surface area contributed by atoms with Gasteiger partial charge in [0.1, 0.15) is 0 Å². The molecule has 0 radical (unpaired) electrons. The van der Waals surface area contributed by atoms with Crippen molar-refractivity contribution in [2.75, 3.05) is 6.61 Å². The summed E-state index contributed by atoms with van der Waals surface area (Å²) in [6.07, 6.45) is 8.76. The first-order chi connectivity index (χ1) is 8.06. The molecule has 0 saturated carbocycles. The van der Waals surface area contributed by atoms with Gasteiger partial charge in [0.25, 0.3) is 0 Å². The molecule has 0 aliphatic heterocycles. The number of carbonyl (C=O) groups is 1. The zero-order valence-electron chi connectivity index (χ0n) is 10.1. The van der Waals surface area contributed by atoms with Crippen LogP contribution in [0.3, 0.4) is 0 Å². The highest BCUT2D eigenvalue weighted by Gasteiger charge is 2.25. The van der Waals surface area contributed by atoms with E-state index in [-0.39, 0.29) is 12.6 Å². The van der Waals surface area contributed by atoms with Crippen molar-refractivity contribution in [3.63, 3.8) is 0 Å². The van der Waals surface area contributed by atoms with Gasteiger partial charge >= 0.3 is 5.97 Å². The summed E-state index contributed by atoms with van der Waals surface area (Å²) in [5, 5.41) is 0. The van der Waals surface area contributed by atoms with Crippen molar-refractivity contribution in [1.82, 2.24) is 0 Å². The van der Waals surface area contributed by atoms with Crippen LogP contribution in [0.4, 0.5) is 0 Å². The van der Waals surface area contributed by atoms with Gasteiger partial charge in [-0.25, -0.2) is 0 Å². The lowest BCUT2D eigenvalue weighted by atomic mass is 9.92. The van der Waals surface area contributed by atoms with Crippen molar-refractivity contribution in [2.24, 2.45) is 5.41 Å². The van der Waals surface area contributed by atoms with Crippen LogP contribution in [0, 0.1) is 17.8 Å². The van der Waals surface area contributed by atoms with Crippen LogP contribution >= 0.6 is 0 Å². The van der Waals surface area contributed by atoms with Gasteiger partial charge in [0.2, 0.25) is 0 Å². The topological polar surface area (TPSA) is 26.3 Å². The largest absolute Gasteiger partial charge is 0.452 e. The molecule has 0 amide bonds. The minimum Gasteiger partial charge on any atom is -0.452 e. The first-order valence-corrected chi connectivity index (χ1v) is 5.41. The predicted molar refractivity (Wildman–Crippen MR) is 69.0 cm³/mol. The van der Waals surface area contributed by atoms with Gasteiger partial charge in [-0.2, -0.15) is 0 Å². The molecule has 0 aliphatic rings. The standard InChI is InChI=1S/C15H16O2/c1-4-12-17-14(16)15(2,3)11-10-13-8-6-5-7-9-13/h1,5-11H,12H2,2-3H3/b11-10+. The van der Waals surface area contributed by atoms with Crippen molar-refractivity contribution in [3.8, 4) is 12.3 Å². The van der Waals surface area contributed by atoms with Gasteiger partial charge in [-0.3, -0.25) is 4.79 Å². The maximum absolute atomic E-state index is 11.7. The molecule has 1 rings (SSSR count). The molecule has 0 spiro atoms. The van der Waals surface area contributed by atoms with E-state index < -0.39 is 5.41 Å². The molecule has 2 heteroatoms. The second-order valence-electron chi connectivity index (χ2n) is 4.25. The van der Waals surface area contributed by atoms with Gasteiger partial charge < -0.3 is 4.74 Å². The molecule has 88 valence electrons. The second-order valence-corrected chi connectivity index (χ2v) is 4.25. The SMILES string of the molecule is C#CCOC(=O)C(C)(C)/C=C/c1ccccc1. The number of benzene rings is 1. The Balaban J connectivity index is 2.69. The maximum atomic E-state index is 11.7. The Morgan fingerprint density at radius 1 is 1.41 bits per heavy atom. The highest BCUT2D eigenvalue weighted by atomic mass is 16.5. The lowest BCUT2D eigenvalue weighted by Gasteiger charge is -2.17. The highest BCUT2D eigenvalue weighted by Crippen LogP contribution is 2.20. The van der Waals surface area contributed by atoms with E-state index in [1.807, 2.05) is 42.5 Å². The van der Waals surface area contributed by atoms with Crippen molar-refractivity contribution in [2.45, 2.75) is 13.8 Å². The Morgan fingerprint density at radius 3 is 2.65 bits per heavy atom. The molecule has 0 aliphatic carbocycles. The van der Waals surface area contributed by atoms with E-state index >= 15 is 0 Å². The van der Waals surface area contributed by atoms with Crippen LogP contribution in [0.1, 0.15) is 19.4 Å². The van der Waals surface area contributed by atoms with Gasteiger partial charge in [0, 0.05) is 0 Å². The molecule has 0 saturated heterocycles. The molecule has 0 heterocycles. The first-order valence-electron chi connectivity index (χ1n) is 5.41. The summed E-state index contributed by atoms with van der Waals surface area (Å²) in [6.45, 7) is 3.61. The number of carbonyl (C=O) groups excluding carboxylic acids is 1. The number of ether oxygens (including phenoxy) is 1. The van der Waals surface area contributed by atoms with Gasteiger partial charge in [-0.15, -0.1) is 6.42 Å². The van der Waals surface area contributed by atoms with Crippen LogP contribution in [-0.2, 0) is 9.53 Å². The highest BCUT2D eigenvalue weighted by molar-refractivity contribution is 5.79. The van der Waals surface area contributed by atoms with Gasteiger partial charge in [0.15, 0.2) is 6.61 Å². The zero-order valence-corrected chi connectivity index (χ0v) is 10.1. The molecule has 0 atom stereocenters. The number of esters is 1. The fourth-order valence-electron chi connectivity index (χ4n) is 1.23. The summed E-state index contributed by atoms with van der Waals surface area (Å²) in [6, 6.07) is 9.79. The Hall–Kier alpha value is -2.01. The first kappa shape index (κ1) is 13.1. The van der Waals surface area contributed by atoms with E-state index in [2.05, 4.69) is 5.92 Å².